The summed E-state index contributed by atoms with van der Waals surface area (Å²) >= 11 is 5.99. The lowest BCUT2D eigenvalue weighted by molar-refractivity contribution is -0.123. The van der Waals surface area contributed by atoms with Gasteiger partial charge in [0.1, 0.15) is 6.04 Å². The van der Waals surface area contributed by atoms with Crippen molar-refractivity contribution in [3.8, 4) is 0 Å². The molecule has 1 saturated heterocycles. The molecule has 3 unspecified atom stereocenters. The first-order chi connectivity index (χ1) is 19.5. The highest BCUT2D eigenvalue weighted by atomic mass is 35.5. The second-order valence-corrected chi connectivity index (χ2v) is 10.5. The van der Waals surface area contributed by atoms with E-state index in [2.05, 4.69) is 28.1 Å². The summed E-state index contributed by atoms with van der Waals surface area (Å²) in [5, 5.41) is 10.0. The molecule has 7 nitrogen and oxygen atoms in total. The van der Waals surface area contributed by atoms with E-state index in [1.54, 1.807) is 0 Å². The fourth-order valence-electron chi connectivity index (χ4n) is 5.13. The van der Waals surface area contributed by atoms with Crippen molar-refractivity contribution >= 4 is 23.6 Å². The normalized spacial score (nSPS) is 17.7. The smallest absolute Gasteiger partial charge is 0.407 e. The number of carbonyl (C=O) groups is 2. The van der Waals surface area contributed by atoms with Crippen LogP contribution in [-0.2, 0) is 20.7 Å². The second kappa shape index (κ2) is 15.4. The Morgan fingerprint density at radius 1 is 0.925 bits per heavy atom. The van der Waals surface area contributed by atoms with Crippen LogP contribution in [0.4, 0.5) is 4.79 Å². The van der Waals surface area contributed by atoms with Gasteiger partial charge >= 0.3 is 6.09 Å². The first-order valence-corrected chi connectivity index (χ1v) is 14.2. The van der Waals surface area contributed by atoms with E-state index in [9.17, 15) is 9.59 Å². The van der Waals surface area contributed by atoms with Gasteiger partial charge in [-0.3, -0.25) is 4.79 Å². The second-order valence-electron chi connectivity index (χ2n) is 10.0. The number of morpholine rings is 1. The van der Waals surface area contributed by atoms with Crippen molar-refractivity contribution in [3.05, 3.63) is 107 Å². The van der Waals surface area contributed by atoms with Crippen LogP contribution in [0, 0.1) is 0 Å². The summed E-state index contributed by atoms with van der Waals surface area (Å²) in [6.45, 7) is 2.11. The van der Waals surface area contributed by atoms with Crippen molar-refractivity contribution in [1.29, 1.82) is 0 Å². The quantitative estimate of drug-likeness (QED) is 0.267. The third kappa shape index (κ3) is 8.81. The summed E-state index contributed by atoms with van der Waals surface area (Å²) < 4.78 is 11.2. The van der Waals surface area contributed by atoms with E-state index in [4.69, 9.17) is 21.1 Å². The Balaban J connectivity index is 1.32. The predicted molar refractivity (Wildman–Crippen MR) is 158 cm³/mol. The summed E-state index contributed by atoms with van der Waals surface area (Å²) in [5.41, 5.74) is 3.10. The molecule has 40 heavy (non-hydrogen) atoms. The minimum absolute atomic E-state index is 0.0891. The van der Waals surface area contributed by atoms with Gasteiger partial charge < -0.3 is 25.4 Å². The Morgan fingerprint density at radius 2 is 1.52 bits per heavy atom. The van der Waals surface area contributed by atoms with Gasteiger partial charge in [0.25, 0.3) is 0 Å². The molecule has 212 valence electrons. The fraction of sp³-hybridized carbons (Fsp3) is 0.375. The zero-order valence-electron chi connectivity index (χ0n) is 22.9. The van der Waals surface area contributed by atoms with Gasteiger partial charge in [-0.25, -0.2) is 4.79 Å². The van der Waals surface area contributed by atoms with Gasteiger partial charge in [-0.1, -0.05) is 84.4 Å². The number of aryl methyl sites for hydroxylation is 1. The number of alkyl carbamates (subject to hydrolysis) is 1. The first kappa shape index (κ1) is 29.6. The minimum atomic E-state index is -0.845. The molecule has 1 aliphatic heterocycles. The lowest BCUT2D eigenvalue weighted by Crippen LogP contribution is -2.50. The lowest BCUT2D eigenvalue weighted by atomic mass is 9.84. The maximum atomic E-state index is 13.5. The number of ether oxygens (including phenoxy) is 2. The number of nitrogens with one attached hydrogen (secondary N) is 3. The van der Waals surface area contributed by atoms with Crippen molar-refractivity contribution in [2.24, 2.45) is 0 Å². The fourth-order valence-corrected chi connectivity index (χ4v) is 5.25. The molecule has 8 heteroatoms. The third-order valence-electron chi connectivity index (χ3n) is 7.19. The number of carbonyl (C=O) groups excluding carboxylic acids is 2. The summed E-state index contributed by atoms with van der Waals surface area (Å²) in [7, 11) is 1.30. The van der Waals surface area contributed by atoms with Crippen molar-refractivity contribution in [1.82, 2.24) is 16.0 Å². The highest BCUT2D eigenvalue weighted by molar-refractivity contribution is 6.30. The number of halogens is 1. The molecule has 1 heterocycles. The Hall–Kier alpha value is -3.39. The van der Waals surface area contributed by atoms with E-state index in [1.165, 1.54) is 12.7 Å². The van der Waals surface area contributed by atoms with Crippen LogP contribution in [0.5, 0.6) is 0 Å². The van der Waals surface area contributed by atoms with Gasteiger partial charge in [0, 0.05) is 30.6 Å². The SMILES string of the molecule is COC(=O)NC(C(=O)NCCCC1CNCC(CCc2ccc(Cl)cc2)O1)C(c1ccccc1)c1ccccc1. The van der Waals surface area contributed by atoms with Crippen LogP contribution in [-0.4, -0.2) is 57.0 Å². The Bertz CT molecular complexity index is 1150. The van der Waals surface area contributed by atoms with Crippen LogP contribution in [0.25, 0.3) is 0 Å². The van der Waals surface area contributed by atoms with Gasteiger partial charge in [-0.2, -0.15) is 0 Å². The molecule has 0 aromatic heterocycles. The monoisotopic (exact) mass is 563 g/mol. The molecule has 3 N–H and O–H groups in total. The number of hydrogen-bond acceptors (Lipinski definition) is 5. The van der Waals surface area contributed by atoms with Gasteiger partial charge in [-0.05, 0) is 54.5 Å². The van der Waals surface area contributed by atoms with E-state index in [0.29, 0.717) is 6.54 Å². The highest BCUT2D eigenvalue weighted by Crippen LogP contribution is 2.28. The van der Waals surface area contributed by atoms with Gasteiger partial charge in [0.15, 0.2) is 0 Å². The van der Waals surface area contributed by atoms with Crippen LogP contribution < -0.4 is 16.0 Å². The van der Waals surface area contributed by atoms with Gasteiger partial charge in [0.2, 0.25) is 5.91 Å². The van der Waals surface area contributed by atoms with Crippen molar-refractivity contribution in [2.75, 3.05) is 26.7 Å². The zero-order valence-corrected chi connectivity index (χ0v) is 23.6. The number of amides is 2. The molecule has 0 aliphatic carbocycles. The summed E-state index contributed by atoms with van der Waals surface area (Å²) in [4.78, 5) is 25.8. The first-order valence-electron chi connectivity index (χ1n) is 13.9. The molecule has 3 aromatic rings. The molecule has 1 fully saturated rings. The molecule has 2 amide bonds. The Labute approximate surface area is 241 Å². The molecule has 0 saturated carbocycles. The minimum Gasteiger partial charge on any atom is -0.453 e. The van der Waals surface area contributed by atoms with Crippen LogP contribution in [0.1, 0.15) is 41.9 Å². The predicted octanol–water partition coefficient (Wildman–Crippen LogP) is 5.08. The van der Waals surface area contributed by atoms with Crippen LogP contribution in [0.3, 0.4) is 0 Å². The number of hydrogen-bond donors (Lipinski definition) is 3. The lowest BCUT2D eigenvalue weighted by Gasteiger charge is -2.31. The molecule has 0 radical (unpaired) electrons. The average molecular weight is 564 g/mol. The summed E-state index contributed by atoms with van der Waals surface area (Å²) in [6, 6.07) is 26.5. The van der Waals surface area contributed by atoms with Crippen LogP contribution >= 0.6 is 11.6 Å². The largest absolute Gasteiger partial charge is 0.453 e. The van der Waals surface area contributed by atoms with Crippen LogP contribution in [0.15, 0.2) is 84.9 Å². The highest BCUT2D eigenvalue weighted by Gasteiger charge is 2.32. The van der Waals surface area contributed by atoms with E-state index in [0.717, 1.165) is 54.9 Å². The molecule has 3 aromatic carbocycles. The zero-order chi connectivity index (χ0) is 28.2. The molecule has 0 bridgehead atoms. The molecule has 1 aliphatic rings. The Kier molecular flexibility index (Phi) is 11.4. The van der Waals surface area contributed by atoms with E-state index >= 15 is 0 Å². The third-order valence-corrected chi connectivity index (χ3v) is 7.44. The average Bonchev–Trinajstić information content (AvgIpc) is 3.00. The van der Waals surface area contributed by atoms with Gasteiger partial charge in [0.05, 0.1) is 19.3 Å². The van der Waals surface area contributed by atoms with Crippen molar-refractivity contribution < 1.29 is 19.1 Å². The standard InChI is InChI=1S/C32H38ClN3O4/c1-39-32(38)36-30(29(24-9-4-2-5-10-24)25-11-6-3-7-12-25)31(37)35-20-8-13-27-21-34-22-28(40-27)19-16-23-14-17-26(33)18-15-23/h2-7,9-12,14-15,17-18,27-30,34H,8,13,16,19-22H2,1H3,(H,35,37)(H,36,38). The van der Waals surface area contributed by atoms with E-state index < -0.39 is 12.1 Å². The van der Waals surface area contributed by atoms with Gasteiger partial charge in [-0.15, -0.1) is 0 Å². The molecular weight excluding hydrogens is 526 g/mol. The molecule has 4 rings (SSSR count). The summed E-state index contributed by atoms with van der Waals surface area (Å²) in [5.74, 6) is -0.639. The summed E-state index contributed by atoms with van der Waals surface area (Å²) in [6.07, 6.45) is 3.04. The van der Waals surface area contributed by atoms with Crippen LogP contribution in [0.2, 0.25) is 5.02 Å². The maximum absolute atomic E-state index is 13.5. The topological polar surface area (TPSA) is 88.7 Å². The molecule has 3 atom stereocenters. The molecular formula is C32H38ClN3O4. The Morgan fingerprint density at radius 3 is 2.12 bits per heavy atom. The number of benzene rings is 3. The maximum Gasteiger partial charge on any atom is 0.407 e. The van der Waals surface area contributed by atoms with E-state index in [-0.39, 0.29) is 24.0 Å². The number of methoxy groups -OCH3 is 1. The van der Waals surface area contributed by atoms with Crippen molar-refractivity contribution in [3.63, 3.8) is 0 Å². The number of rotatable bonds is 12. The van der Waals surface area contributed by atoms with Crippen molar-refractivity contribution in [2.45, 2.75) is 49.9 Å². The molecule has 0 spiro atoms. The van der Waals surface area contributed by atoms with E-state index in [1.807, 2.05) is 72.8 Å².